The Morgan fingerprint density at radius 2 is 1.87 bits per heavy atom. The lowest BCUT2D eigenvalue weighted by atomic mass is 10.0. The van der Waals surface area contributed by atoms with Crippen LogP contribution in [0.3, 0.4) is 0 Å². The van der Waals surface area contributed by atoms with Crippen LogP contribution in [0.5, 0.6) is 0 Å². The summed E-state index contributed by atoms with van der Waals surface area (Å²) in [6.45, 7) is 6.67. The summed E-state index contributed by atoms with van der Waals surface area (Å²) in [5.74, 6) is 0. The average molecular weight is 554 g/mol. The summed E-state index contributed by atoms with van der Waals surface area (Å²) in [6.07, 6.45) is 2.19. The molecule has 202 valence electrons. The second-order valence-electron chi connectivity index (χ2n) is 9.51. The van der Waals surface area contributed by atoms with Crippen LogP contribution in [0.2, 0.25) is 0 Å². The van der Waals surface area contributed by atoms with Crippen LogP contribution in [-0.4, -0.2) is 52.6 Å². The molecule has 38 heavy (non-hydrogen) atoms. The zero-order valence-electron chi connectivity index (χ0n) is 21.8. The standard InChI is InChI=1S/C29H35N3O4S2/c1-3-11-32(12-4-2)23-8-7-20-13-22(6-5-21(20)14-23)28-10-9-26(37-28)17-27(18-30)38(35)31-19-25-15-24(33)16-29(34)36-25/h5-10,13-14,17,24-25,29,31,33-34H,3-4,11-12,15-16,19H2,1-2H3/b27-17+. The average Bonchev–Trinajstić information content (AvgIpc) is 3.38. The third kappa shape index (κ3) is 7.29. The molecular formula is C29H35N3O4S2. The Balaban J connectivity index is 1.45. The van der Waals surface area contributed by atoms with Crippen LogP contribution in [0, 0.1) is 11.3 Å². The molecule has 0 saturated carbocycles. The van der Waals surface area contributed by atoms with Crippen LogP contribution in [0.15, 0.2) is 53.4 Å². The van der Waals surface area contributed by atoms with Crippen LogP contribution in [0.4, 0.5) is 5.69 Å². The van der Waals surface area contributed by atoms with Gasteiger partial charge in [0.25, 0.3) is 0 Å². The number of thiophene rings is 1. The van der Waals surface area contributed by atoms with Crippen molar-refractivity contribution in [3.05, 3.63) is 58.3 Å². The van der Waals surface area contributed by atoms with Crippen molar-refractivity contribution in [1.29, 1.82) is 5.26 Å². The zero-order valence-corrected chi connectivity index (χ0v) is 23.4. The van der Waals surface area contributed by atoms with Crippen molar-refractivity contribution >= 4 is 44.9 Å². The Labute approximate surface area is 231 Å². The molecule has 0 bridgehead atoms. The number of aliphatic hydroxyl groups is 2. The first-order valence-corrected chi connectivity index (χ1v) is 15.0. The fourth-order valence-electron chi connectivity index (χ4n) is 4.68. The Hall–Kier alpha value is -2.58. The number of fused-ring (bicyclic) bond motifs is 1. The Bertz CT molecular complexity index is 1320. The number of allylic oxidation sites excluding steroid dienone is 1. The van der Waals surface area contributed by atoms with Gasteiger partial charge in [-0.2, -0.15) is 5.26 Å². The highest BCUT2D eigenvalue weighted by atomic mass is 32.2. The van der Waals surface area contributed by atoms with Crippen molar-refractivity contribution in [2.24, 2.45) is 0 Å². The number of hydrogen-bond donors (Lipinski definition) is 3. The largest absolute Gasteiger partial charge is 0.393 e. The summed E-state index contributed by atoms with van der Waals surface area (Å²) < 4.78 is 20.8. The van der Waals surface area contributed by atoms with E-state index in [9.17, 15) is 19.7 Å². The van der Waals surface area contributed by atoms with Crippen LogP contribution >= 0.6 is 11.3 Å². The summed E-state index contributed by atoms with van der Waals surface area (Å²) in [5.41, 5.74) is 2.35. The van der Waals surface area contributed by atoms with Gasteiger partial charge in [-0.1, -0.05) is 32.0 Å². The second kappa shape index (κ2) is 13.5. The molecular weight excluding hydrogens is 518 g/mol. The molecule has 3 aromatic rings. The van der Waals surface area contributed by atoms with E-state index in [1.54, 1.807) is 6.08 Å². The SMILES string of the molecule is CCCN(CCC)c1ccc2cc(-c3ccc(/C=C(\C#N)S(=O)NCC4CC(O)CC(O)O4)s3)ccc2c1. The molecule has 2 heterocycles. The van der Waals surface area contributed by atoms with Crippen LogP contribution < -0.4 is 9.62 Å². The summed E-state index contributed by atoms with van der Waals surface area (Å²) >= 11 is 1.53. The highest BCUT2D eigenvalue weighted by Crippen LogP contribution is 2.33. The molecule has 4 rings (SSSR count). The van der Waals surface area contributed by atoms with Crippen molar-refractivity contribution in [2.75, 3.05) is 24.5 Å². The third-order valence-electron chi connectivity index (χ3n) is 6.47. The molecule has 0 spiro atoms. The minimum atomic E-state index is -1.74. The minimum absolute atomic E-state index is 0.102. The predicted molar refractivity (Wildman–Crippen MR) is 156 cm³/mol. The molecule has 1 aliphatic rings. The van der Waals surface area contributed by atoms with E-state index in [4.69, 9.17) is 4.74 Å². The Kier molecular flexibility index (Phi) is 10.1. The summed E-state index contributed by atoms with van der Waals surface area (Å²) in [6, 6.07) is 19.0. The number of hydrogen-bond acceptors (Lipinski definition) is 7. The lowest BCUT2D eigenvalue weighted by Gasteiger charge is -2.30. The van der Waals surface area contributed by atoms with E-state index in [2.05, 4.69) is 59.9 Å². The molecule has 3 N–H and O–H groups in total. The normalized spacial score (nSPS) is 20.8. The number of ether oxygens (including phenoxy) is 1. The topological polar surface area (TPSA) is 106 Å². The highest BCUT2D eigenvalue weighted by Gasteiger charge is 2.27. The lowest BCUT2D eigenvalue weighted by molar-refractivity contribution is -0.186. The molecule has 4 unspecified atom stereocenters. The van der Waals surface area contributed by atoms with Crippen molar-refractivity contribution in [3.8, 4) is 16.5 Å². The number of rotatable bonds is 11. The third-order valence-corrected chi connectivity index (χ3v) is 8.59. The van der Waals surface area contributed by atoms with Gasteiger partial charge in [-0.15, -0.1) is 11.3 Å². The first kappa shape index (κ1) is 28.4. The Morgan fingerprint density at radius 3 is 2.58 bits per heavy atom. The van der Waals surface area contributed by atoms with Gasteiger partial charge in [0.1, 0.15) is 22.0 Å². The van der Waals surface area contributed by atoms with Crippen molar-refractivity contribution in [1.82, 2.24) is 4.72 Å². The van der Waals surface area contributed by atoms with E-state index in [1.807, 2.05) is 18.2 Å². The molecule has 1 aromatic heterocycles. The lowest BCUT2D eigenvalue weighted by Crippen LogP contribution is -2.41. The van der Waals surface area contributed by atoms with Gasteiger partial charge in [0, 0.05) is 47.9 Å². The van der Waals surface area contributed by atoms with Crippen LogP contribution in [0.1, 0.15) is 44.4 Å². The maximum Gasteiger partial charge on any atom is 0.157 e. The molecule has 9 heteroatoms. The Morgan fingerprint density at radius 1 is 1.13 bits per heavy atom. The van der Waals surface area contributed by atoms with E-state index in [0.29, 0.717) is 6.42 Å². The van der Waals surface area contributed by atoms with Crippen molar-refractivity contribution in [3.63, 3.8) is 0 Å². The van der Waals surface area contributed by atoms with E-state index < -0.39 is 29.5 Å². The first-order chi connectivity index (χ1) is 18.4. The maximum absolute atomic E-state index is 12.7. The van der Waals surface area contributed by atoms with E-state index >= 15 is 0 Å². The van der Waals surface area contributed by atoms with Gasteiger partial charge < -0.3 is 19.8 Å². The summed E-state index contributed by atoms with van der Waals surface area (Å²) in [5, 5.41) is 31.4. The summed E-state index contributed by atoms with van der Waals surface area (Å²) in [7, 11) is -1.74. The number of nitriles is 1. The number of nitrogens with zero attached hydrogens (tertiary/aromatic N) is 2. The molecule has 0 aliphatic carbocycles. The highest BCUT2D eigenvalue weighted by molar-refractivity contribution is 7.87. The van der Waals surface area contributed by atoms with Gasteiger partial charge in [0.15, 0.2) is 6.29 Å². The van der Waals surface area contributed by atoms with E-state index in [0.717, 1.165) is 41.2 Å². The molecule has 7 nitrogen and oxygen atoms in total. The molecule has 2 aromatic carbocycles. The monoisotopic (exact) mass is 553 g/mol. The second-order valence-corrected chi connectivity index (χ2v) is 11.9. The van der Waals surface area contributed by atoms with Crippen LogP contribution in [-0.2, 0) is 15.7 Å². The number of benzene rings is 2. The van der Waals surface area contributed by atoms with E-state index in [-0.39, 0.29) is 17.9 Å². The number of nitrogens with one attached hydrogen (secondary N) is 1. The molecule has 1 aliphatic heterocycles. The van der Waals surface area contributed by atoms with Gasteiger partial charge >= 0.3 is 0 Å². The number of anilines is 1. The summed E-state index contributed by atoms with van der Waals surface area (Å²) in [4.78, 5) is 4.43. The molecule has 4 atom stereocenters. The maximum atomic E-state index is 12.7. The van der Waals surface area contributed by atoms with Gasteiger partial charge in [-0.05, 0) is 65.6 Å². The molecule has 1 fully saturated rings. The fraction of sp³-hybridized carbons (Fsp3) is 0.414. The van der Waals surface area contributed by atoms with Crippen molar-refractivity contribution in [2.45, 2.75) is 58.0 Å². The van der Waals surface area contributed by atoms with Gasteiger partial charge in [0.05, 0.1) is 12.2 Å². The predicted octanol–water partition coefficient (Wildman–Crippen LogP) is 5.17. The van der Waals surface area contributed by atoms with Gasteiger partial charge in [0.2, 0.25) is 0 Å². The quantitative estimate of drug-likeness (QED) is 0.283. The fourth-order valence-corrected chi connectivity index (χ4v) is 6.51. The van der Waals surface area contributed by atoms with E-state index in [1.165, 1.54) is 27.8 Å². The first-order valence-electron chi connectivity index (χ1n) is 13.1. The molecule has 0 radical (unpaired) electrons. The minimum Gasteiger partial charge on any atom is -0.393 e. The van der Waals surface area contributed by atoms with Gasteiger partial charge in [-0.3, -0.25) is 0 Å². The number of aliphatic hydroxyl groups excluding tert-OH is 2. The molecule has 0 amide bonds. The smallest absolute Gasteiger partial charge is 0.157 e. The van der Waals surface area contributed by atoms with Gasteiger partial charge in [-0.25, -0.2) is 8.93 Å². The van der Waals surface area contributed by atoms with Crippen molar-refractivity contribution < 1.29 is 19.2 Å². The zero-order chi connectivity index (χ0) is 27.1. The molecule has 1 saturated heterocycles. The van der Waals surface area contributed by atoms with Crippen LogP contribution in [0.25, 0.3) is 27.3 Å².